The van der Waals surface area contributed by atoms with Gasteiger partial charge in [0.15, 0.2) is 0 Å². The second-order valence-electron chi connectivity index (χ2n) is 5.65. The van der Waals surface area contributed by atoms with Gasteiger partial charge in [0.2, 0.25) is 10.0 Å². The summed E-state index contributed by atoms with van der Waals surface area (Å²) in [5.41, 5.74) is -0.0905. The van der Waals surface area contributed by atoms with Crippen molar-refractivity contribution in [2.75, 3.05) is 11.9 Å². The van der Waals surface area contributed by atoms with E-state index in [1.807, 2.05) is 6.92 Å². The van der Waals surface area contributed by atoms with Gasteiger partial charge in [-0.05, 0) is 30.7 Å². The van der Waals surface area contributed by atoms with E-state index in [-0.39, 0.29) is 26.9 Å². The normalized spacial score (nSPS) is 11.2. The van der Waals surface area contributed by atoms with Crippen LogP contribution in [0.5, 0.6) is 0 Å². The summed E-state index contributed by atoms with van der Waals surface area (Å²) in [5.74, 6) is -0.636. The van der Waals surface area contributed by atoms with E-state index >= 15 is 0 Å². The number of hydrogen-bond donors (Lipinski definition) is 2. The van der Waals surface area contributed by atoms with Crippen LogP contribution in [-0.4, -0.2) is 25.8 Å². The molecule has 27 heavy (non-hydrogen) atoms. The summed E-state index contributed by atoms with van der Waals surface area (Å²) in [6.45, 7) is 2.25. The van der Waals surface area contributed by atoms with Crippen LogP contribution < -0.4 is 10.0 Å². The van der Waals surface area contributed by atoms with E-state index in [0.29, 0.717) is 13.0 Å². The first-order valence-electron chi connectivity index (χ1n) is 8.09. The van der Waals surface area contributed by atoms with Gasteiger partial charge < -0.3 is 5.32 Å². The number of nitrogens with zero attached hydrogens (tertiary/aromatic N) is 1. The molecule has 0 bridgehead atoms. The lowest BCUT2D eigenvalue weighted by Crippen LogP contribution is -2.25. The molecule has 0 aliphatic rings. The van der Waals surface area contributed by atoms with E-state index in [2.05, 4.69) is 10.0 Å². The van der Waals surface area contributed by atoms with Crippen molar-refractivity contribution in [3.05, 3.63) is 63.2 Å². The third kappa shape index (κ3) is 5.49. The average molecular weight is 412 g/mol. The Balaban J connectivity index is 2.23. The molecular weight excluding hydrogens is 394 g/mol. The van der Waals surface area contributed by atoms with Crippen molar-refractivity contribution in [2.24, 2.45) is 0 Å². The van der Waals surface area contributed by atoms with Gasteiger partial charge in [0.05, 0.1) is 20.5 Å². The second kappa shape index (κ2) is 8.94. The molecule has 0 saturated heterocycles. The number of carbonyl (C=O) groups is 1. The predicted molar refractivity (Wildman–Crippen MR) is 103 cm³/mol. The quantitative estimate of drug-likeness (QED) is 0.391. The maximum absolute atomic E-state index is 12.4. The smallest absolute Gasteiger partial charge is 0.271 e. The van der Waals surface area contributed by atoms with Crippen molar-refractivity contribution >= 4 is 38.9 Å². The number of hydrogen-bond acceptors (Lipinski definition) is 5. The number of rotatable bonds is 8. The Morgan fingerprint density at radius 2 is 1.96 bits per heavy atom. The van der Waals surface area contributed by atoms with Crippen molar-refractivity contribution in [1.29, 1.82) is 0 Å². The third-order valence-electron chi connectivity index (χ3n) is 3.64. The minimum absolute atomic E-state index is 0.0450. The van der Waals surface area contributed by atoms with Crippen LogP contribution in [0, 0.1) is 10.1 Å². The van der Waals surface area contributed by atoms with Crippen LogP contribution in [0.1, 0.15) is 30.1 Å². The summed E-state index contributed by atoms with van der Waals surface area (Å²) in [5, 5.41) is 13.4. The lowest BCUT2D eigenvalue weighted by molar-refractivity contribution is -0.384. The molecule has 0 spiro atoms. The first-order chi connectivity index (χ1) is 12.7. The van der Waals surface area contributed by atoms with E-state index < -0.39 is 20.9 Å². The number of nitro benzene ring substituents is 1. The van der Waals surface area contributed by atoms with Gasteiger partial charge in [-0.2, -0.15) is 0 Å². The summed E-state index contributed by atoms with van der Waals surface area (Å²) in [6, 6.07) is 9.14. The van der Waals surface area contributed by atoms with Gasteiger partial charge in [-0.3, -0.25) is 14.9 Å². The minimum atomic E-state index is -3.73. The topological polar surface area (TPSA) is 118 Å². The van der Waals surface area contributed by atoms with Gasteiger partial charge in [-0.25, -0.2) is 13.1 Å². The molecule has 10 heteroatoms. The summed E-state index contributed by atoms with van der Waals surface area (Å²) >= 11 is 5.96. The highest BCUT2D eigenvalue weighted by Gasteiger charge is 2.17. The Bertz CT molecular complexity index is 963. The number of nitrogens with one attached hydrogen (secondary N) is 2. The van der Waals surface area contributed by atoms with E-state index in [9.17, 15) is 23.3 Å². The van der Waals surface area contributed by atoms with E-state index in [0.717, 1.165) is 12.5 Å². The first kappa shape index (κ1) is 20.8. The molecule has 2 rings (SSSR count). The lowest BCUT2D eigenvalue weighted by atomic mass is 10.2. The number of sulfonamides is 1. The Hall–Kier alpha value is -2.49. The Morgan fingerprint density at radius 1 is 1.22 bits per heavy atom. The van der Waals surface area contributed by atoms with Crippen molar-refractivity contribution in [3.8, 4) is 0 Å². The van der Waals surface area contributed by atoms with Gasteiger partial charge in [0, 0.05) is 24.2 Å². The Labute approximate surface area is 161 Å². The Morgan fingerprint density at radius 3 is 2.63 bits per heavy atom. The van der Waals surface area contributed by atoms with Crippen molar-refractivity contribution in [1.82, 2.24) is 4.72 Å². The molecule has 8 nitrogen and oxygen atoms in total. The highest BCUT2D eigenvalue weighted by Crippen LogP contribution is 2.27. The largest absolute Gasteiger partial charge is 0.320 e. The van der Waals surface area contributed by atoms with E-state index in [4.69, 9.17) is 11.6 Å². The predicted octanol–water partition coefficient (Wildman–Crippen LogP) is 3.58. The summed E-state index contributed by atoms with van der Waals surface area (Å²) in [7, 11) is -3.73. The van der Waals surface area contributed by atoms with E-state index in [1.165, 1.54) is 36.4 Å². The van der Waals surface area contributed by atoms with Crippen LogP contribution >= 0.6 is 11.6 Å². The number of non-ortho nitro benzene ring substituents is 1. The number of halogens is 1. The van der Waals surface area contributed by atoms with Gasteiger partial charge >= 0.3 is 0 Å². The lowest BCUT2D eigenvalue weighted by Gasteiger charge is -2.10. The molecule has 1 amide bonds. The van der Waals surface area contributed by atoms with Gasteiger partial charge in [-0.15, -0.1) is 0 Å². The molecule has 2 aromatic carbocycles. The fourth-order valence-corrected chi connectivity index (χ4v) is 3.47. The zero-order chi connectivity index (χ0) is 20.0. The molecule has 2 aromatic rings. The van der Waals surface area contributed by atoms with Crippen LogP contribution in [0.2, 0.25) is 5.02 Å². The minimum Gasteiger partial charge on any atom is -0.320 e. The molecule has 0 fully saturated rings. The maximum atomic E-state index is 12.4. The van der Waals surface area contributed by atoms with Crippen LogP contribution in [0.3, 0.4) is 0 Å². The van der Waals surface area contributed by atoms with Gasteiger partial charge in [0.1, 0.15) is 0 Å². The average Bonchev–Trinajstić information content (AvgIpc) is 2.63. The number of benzene rings is 2. The van der Waals surface area contributed by atoms with Crippen LogP contribution in [0.4, 0.5) is 11.4 Å². The molecule has 0 radical (unpaired) electrons. The van der Waals surface area contributed by atoms with Crippen LogP contribution in [0.15, 0.2) is 47.4 Å². The fourth-order valence-electron chi connectivity index (χ4n) is 2.19. The van der Waals surface area contributed by atoms with E-state index in [1.54, 1.807) is 0 Å². The summed E-state index contributed by atoms with van der Waals surface area (Å²) < 4.78 is 27.0. The fraction of sp³-hybridized carbons (Fsp3) is 0.235. The molecule has 0 saturated carbocycles. The number of anilines is 1. The first-order valence-corrected chi connectivity index (χ1v) is 9.95. The number of nitro groups is 1. The molecule has 0 atom stereocenters. The standard InChI is InChI=1S/C17H18ClN3O5S/c1-2-3-9-19-27(25,26)14-6-4-5-12(10-14)17(22)20-16-11-13(21(23)24)7-8-15(16)18/h4-8,10-11,19H,2-3,9H2,1H3,(H,20,22). The van der Waals surface area contributed by atoms with Gasteiger partial charge in [0.25, 0.3) is 11.6 Å². The molecule has 2 N–H and O–H groups in total. The van der Waals surface area contributed by atoms with Crippen molar-refractivity contribution < 1.29 is 18.1 Å². The van der Waals surface area contributed by atoms with Crippen LogP contribution in [-0.2, 0) is 10.0 Å². The maximum Gasteiger partial charge on any atom is 0.271 e. The third-order valence-corrected chi connectivity index (χ3v) is 5.43. The molecule has 0 unspecified atom stereocenters. The second-order valence-corrected chi connectivity index (χ2v) is 7.83. The number of unbranched alkanes of at least 4 members (excludes halogenated alkanes) is 1. The molecule has 0 aromatic heterocycles. The SMILES string of the molecule is CCCCNS(=O)(=O)c1cccc(C(=O)Nc2cc([N+](=O)[O-])ccc2Cl)c1. The van der Waals surface area contributed by atoms with Crippen molar-refractivity contribution in [2.45, 2.75) is 24.7 Å². The summed E-state index contributed by atoms with van der Waals surface area (Å²) in [4.78, 5) is 22.6. The zero-order valence-electron chi connectivity index (χ0n) is 14.4. The van der Waals surface area contributed by atoms with Gasteiger partial charge in [-0.1, -0.05) is 31.0 Å². The number of carbonyl (C=O) groups excluding carboxylic acids is 1. The van der Waals surface area contributed by atoms with Crippen molar-refractivity contribution in [3.63, 3.8) is 0 Å². The molecule has 0 aliphatic carbocycles. The molecular formula is C17H18ClN3O5S. The highest BCUT2D eigenvalue weighted by atomic mass is 35.5. The number of amides is 1. The summed E-state index contributed by atoms with van der Waals surface area (Å²) in [6.07, 6.45) is 1.54. The monoisotopic (exact) mass is 411 g/mol. The zero-order valence-corrected chi connectivity index (χ0v) is 16.0. The molecule has 0 aliphatic heterocycles. The Kier molecular flexibility index (Phi) is 6.89. The molecule has 0 heterocycles. The molecule has 144 valence electrons. The van der Waals surface area contributed by atoms with Crippen LogP contribution in [0.25, 0.3) is 0 Å². The highest BCUT2D eigenvalue weighted by molar-refractivity contribution is 7.89.